The average molecular weight is 290 g/mol. The van der Waals surface area contributed by atoms with Crippen molar-refractivity contribution in [3.05, 3.63) is 18.2 Å². The molecule has 0 atom stereocenters. The van der Waals surface area contributed by atoms with E-state index in [9.17, 15) is 10.2 Å². The Balaban J connectivity index is 1.93. The molecule has 0 unspecified atom stereocenters. The smallest absolute Gasteiger partial charge is 0.245 e. The lowest BCUT2D eigenvalue weighted by atomic mass is 10.1. The number of aliphatic hydroxyl groups is 2. The number of aliphatic hydroxyl groups excluding tert-OH is 2. The summed E-state index contributed by atoms with van der Waals surface area (Å²) < 4.78 is 7.33. The van der Waals surface area contributed by atoms with Crippen LogP contribution in [0.3, 0.4) is 0 Å². The summed E-state index contributed by atoms with van der Waals surface area (Å²) in [6, 6.07) is 0. The van der Waals surface area contributed by atoms with Crippen molar-refractivity contribution in [2.24, 2.45) is 5.41 Å². The topological polar surface area (TPSA) is 93.3 Å². The zero-order chi connectivity index (χ0) is 14.9. The van der Waals surface area contributed by atoms with E-state index in [-0.39, 0.29) is 13.2 Å². The van der Waals surface area contributed by atoms with Crippen LogP contribution in [0.5, 0.6) is 5.88 Å². The third-order valence-electron chi connectivity index (χ3n) is 3.75. The van der Waals surface area contributed by atoms with Crippen molar-refractivity contribution in [1.29, 1.82) is 0 Å². The van der Waals surface area contributed by atoms with Crippen LogP contribution in [-0.2, 0) is 0 Å². The van der Waals surface area contributed by atoms with Crippen molar-refractivity contribution in [1.82, 2.24) is 19.5 Å². The standard InChI is InChI=1S/C14H18N4O3/c1-2-3-21-13-11-12(15-8-16-13)18(9-17-11)5-10-4-14(10,6-19)7-20/h5,8-9,19-20H,2-4,6-7H2,1H3. The van der Waals surface area contributed by atoms with E-state index in [0.717, 1.165) is 12.0 Å². The van der Waals surface area contributed by atoms with Gasteiger partial charge in [-0.15, -0.1) is 0 Å². The second kappa shape index (κ2) is 5.42. The molecule has 7 heteroatoms. The van der Waals surface area contributed by atoms with Crippen molar-refractivity contribution in [2.45, 2.75) is 19.8 Å². The quantitative estimate of drug-likeness (QED) is 0.818. The third kappa shape index (κ3) is 2.38. The summed E-state index contributed by atoms with van der Waals surface area (Å²) in [6.07, 6.45) is 6.53. The van der Waals surface area contributed by atoms with Crippen molar-refractivity contribution in [2.75, 3.05) is 19.8 Å². The minimum Gasteiger partial charge on any atom is -0.476 e. The molecule has 2 aromatic heterocycles. The van der Waals surface area contributed by atoms with E-state index < -0.39 is 5.41 Å². The SMILES string of the molecule is CCCOc1ncnc2c1ncn2C=C1CC1(CO)CO. The first-order valence-electron chi connectivity index (χ1n) is 6.97. The summed E-state index contributed by atoms with van der Waals surface area (Å²) in [5.74, 6) is 0.477. The van der Waals surface area contributed by atoms with Gasteiger partial charge in [0.2, 0.25) is 5.88 Å². The summed E-state index contributed by atoms with van der Waals surface area (Å²) in [5, 5.41) is 18.7. The van der Waals surface area contributed by atoms with Crippen LogP contribution in [0, 0.1) is 5.41 Å². The van der Waals surface area contributed by atoms with E-state index in [1.165, 1.54) is 6.33 Å². The summed E-state index contributed by atoms with van der Waals surface area (Å²) in [7, 11) is 0. The highest BCUT2D eigenvalue weighted by atomic mass is 16.5. The van der Waals surface area contributed by atoms with Gasteiger partial charge in [-0.1, -0.05) is 6.92 Å². The van der Waals surface area contributed by atoms with Crippen molar-refractivity contribution in [3.8, 4) is 5.88 Å². The number of nitrogens with zero attached hydrogens (tertiary/aromatic N) is 4. The zero-order valence-electron chi connectivity index (χ0n) is 11.9. The number of fused-ring (bicyclic) bond motifs is 1. The van der Waals surface area contributed by atoms with Gasteiger partial charge in [-0.05, 0) is 18.4 Å². The van der Waals surface area contributed by atoms with Gasteiger partial charge in [0.25, 0.3) is 0 Å². The Morgan fingerprint density at radius 3 is 2.81 bits per heavy atom. The maximum absolute atomic E-state index is 9.34. The van der Waals surface area contributed by atoms with Gasteiger partial charge in [0, 0.05) is 11.6 Å². The molecule has 1 aliphatic rings. The number of imidazole rings is 1. The number of hydrogen-bond acceptors (Lipinski definition) is 6. The van der Waals surface area contributed by atoms with Gasteiger partial charge in [0.1, 0.15) is 12.7 Å². The van der Waals surface area contributed by atoms with Crippen molar-refractivity contribution >= 4 is 17.4 Å². The number of hydrogen-bond donors (Lipinski definition) is 2. The van der Waals surface area contributed by atoms with Gasteiger partial charge < -0.3 is 14.9 Å². The molecule has 1 fully saturated rings. The highest BCUT2D eigenvalue weighted by molar-refractivity contribution is 5.78. The predicted molar refractivity (Wildman–Crippen MR) is 76.6 cm³/mol. The Bertz CT molecular complexity index is 676. The van der Waals surface area contributed by atoms with Gasteiger partial charge in [-0.3, -0.25) is 4.57 Å². The Hall–Kier alpha value is -1.99. The molecule has 0 amide bonds. The van der Waals surface area contributed by atoms with Crippen LogP contribution in [0.25, 0.3) is 17.4 Å². The Labute approximate surface area is 121 Å². The van der Waals surface area contributed by atoms with E-state index in [1.54, 1.807) is 10.9 Å². The number of aromatic nitrogens is 4. The van der Waals surface area contributed by atoms with Crippen LogP contribution in [0.2, 0.25) is 0 Å². The molecule has 112 valence electrons. The van der Waals surface area contributed by atoms with Gasteiger partial charge >= 0.3 is 0 Å². The van der Waals surface area contributed by atoms with E-state index in [4.69, 9.17) is 4.74 Å². The first kappa shape index (κ1) is 14.0. The zero-order valence-corrected chi connectivity index (χ0v) is 11.9. The highest BCUT2D eigenvalue weighted by Gasteiger charge is 2.48. The maximum atomic E-state index is 9.34. The molecule has 0 radical (unpaired) electrons. The highest BCUT2D eigenvalue weighted by Crippen LogP contribution is 2.51. The van der Waals surface area contributed by atoms with Gasteiger partial charge in [-0.2, -0.15) is 4.98 Å². The molecule has 0 saturated heterocycles. The van der Waals surface area contributed by atoms with Crippen LogP contribution in [0.1, 0.15) is 19.8 Å². The first-order valence-corrected chi connectivity index (χ1v) is 6.97. The summed E-state index contributed by atoms with van der Waals surface area (Å²) >= 11 is 0. The second-order valence-corrected chi connectivity index (χ2v) is 5.28. The fourth-order valence-corrected chi connectivity index (χ4v) is 2.27. The largest absolute Gasteiger partial charge is 0.476 e. The molecule has 1 saturated carbocycles. The van der Waals surface area contributed by atoms with E-state index >= 15 is 0 Å². The van der Waals surface area contributed by atoms with Crippen LogP contribution in [-0.4, -0.2) is 49.6 Å². The molecule has 0 bridgehead atoms. The Morgan fingerprint density at radius 1 is 1.33 bits per heavy atom. The molecule has 2 heterocycles. The normalized spacial score (nSPS) is 18.3. The molecule has 7 nitrogen and oxygen atoms in total. The molecule has 0 aromatic carbocycles. The second-order valence-electron chi connectivity index (χ2n) is 5.28. The van der Waals surface area contributed by atoms with E-state index in [0.29, 0.717) is 30.1 Å². The van der Waals surface area contributed by atoms with Gasteiger partial charge in [0.15, 0.2) is 11.2 Å². The molecular formula is C14H18N4O3. The van der Waals surface area contributed by atoms with E-state index in [2.05, 4.69) is 15.0 Å². The lowest BCUT2D eigenvalue weighted by Gasteiger charge is -2.05. The molecule has 2 N–H and O–H groups in total. The fraction of sp³-hybridized carbons (Fsp3) is 0.500. The summed E-state index contributed by atoms with van der Waals surface area (Å²) in [6.45, 7) is 2.50. The molecule has 3 rings (SSSR count). The number of rotatable bonds is 6. The molecule has 2 aromatic rings. The minimum absolute atomic E-state index is 0.0538. The fourth-order valence-electron chi connectivity index (χ4n) is 2.27. The minimum atomic E-state index is -0.481. The lowest BCUT2D eigenvalue weighted by Crippen LogP contribution is -2.12. The molecule has 21 heavy (non-hydrogen) atoms. The van der Waals surface area contributed by atoms with Crippen LogP contribution in [0.4, 0.5) is 0 Å². The maximum Gasteiger partial charge on any atom is 0.245 e. The van der Waals surface area contributed by atoms with E-state index in [1.807, 2.05) is 13.1 Å². The van der Waals surface area contributed by atoms with Crippen molar-refractivity contribution in [3.63, 3.8) is 0 Å². The van der Waals surface area contributed by atoms with Gasteiger partial charge in [-0.25, -0.2) is 9.97 Å². The summed E-state index contributed by atoms with van der Waals surface area (Å²) in [4.78, 5) is 12.6. The lowest BCUT2D eigenvalue weighted by molar-refractivity contribution is 0.143. The summed E-state index contributed by atoms with van der Waals surface area (Å²) in [5.41, 5.74) is 1.77. The molecule has 0 aliphatic heterocycles. The van der Waals surface area contributed by atoms with Crippen LogP contribution in [0.15, 0.2) is 18.2 Å². The monoisotopic (exact) mass is 290 g/mol. The van der Waals surface area contributed by atoms with Crippen molar-refractivity contribution < 1.29 is 14.9 Å². The number of ether oxygens (including phenoxy) is 1. The molecule has 0 spiro atoms. The molecule has 1 aliphatic carbocycles. The van der Waals surface area contributed by atoms with Crippen LogP contribution < -0.4 is 4.74 Å². The van der Waals surface area contributed by atoms with Gasteiger partial charge in [0.05, 0.1) is 19.8 Å². The van der Waals surface area contributed by atoms with Crippen LogP contribution >= 0.6 is 0 Å². The Morgan fingerprint density at radius 2 is 2.14 bits per heavy atom. The molecular weight excluding hydrogens is 272 g/mol. The third-order valence-corrected chi connectivity index (χ3v) is 3.75. The predicted octanol–water partition coefficient (Wildman–Crippen LogP) is 0.831. The first-order chi connectivity index (χ1) is 10.2. The average Bonchev–Trinajstić information content (AvgIpc) is 3.07. The Kier molecular flexibility index (Phi) is 3.60.